The standard InChI is InChI=1S/C45H44N4/c1-9-13-38(26-46-8)45-24-41(23-44(33(45)7)34(10-2)27-47-11-3)36-15-12-14-35(20-36)40-21-39(37-17-16-32(6)49-29-37)19-31(5)43(22-40)42-18-30(4)25-48-28-42/h9-29,43H,1,3H2,2,4-8H3/b34-10+,38-13+,46-26?,47-27?. The van der Waals surface area contributed by atoms with Gasteiger partial charge in [0.05, 0.1) is 0 Å². The number of aromatic nitrogens is 2. The van der Waals surface area contributed by atoms with Crippen LogP contribution in [0.2, 0.25) is 0 Å². The van der Waals surface area contributed by atoms with Gasteiger partial charge in [-0.2, -0.15) is 0 Å². The molecule has 0 bridgehead atoms. The average molecular weight is 641 g/mol. The molecule has 2 aromatic heterocycles. The molecule has 0 amide bonds. The van der Waals surface area contributed by atoms with Gasteiger partial charge in [-0.05, 0) is 132 Å². The Bertz CT molecular complexity index is 2100. The van der Waals surface area contributed by atoms with Crippen LogP contribution in [0.4, 0.5) is 0 Å². The third-order valence-corrected chi connectivity index (χ3v) is 8.79. The van der Waals surface area contributed by atoms with Gasteiger partial charge in [-0.15, -0.1) is 0 Å². The fourth-order valence-electron chi connectivity index (χ4n) is 6.26. The lowest BCUT2D eigenvalue weighted by Crippen LogP contribution is -2.00. The van der Waals surface area contributed by atoms with Crippen molar-refractivity contribution in [3.05, 3.63) is 179 Å². The number of hydrogen-bond donors (Lipinski definition) is 0. The van der Waals surface area contributed by atoms with Crippen molar-refractivity contribution in [2.24, 2.45) is 9.98 Å². The molecular formula is C45H44N4. The largest absolute Gasteiger partial charge is 0.296 e. The van der Waals surface area contributed by atoms with Crippen LogP contribution in [0.3, 0.4) is 0 Å². The Morgan fingerprint density at radius 2 is 1.55 bits per heavy atom. The van der Waals surface area contributed by atoms with Crippen molar-refractivity contribution in [3.63, 3.8) is 0 Å². The molecule has 0 spiro atoms. The zero-order valence-electron chi connectivity index (χ0n) is 29.4. The molecule has 2 aromatic carbocycles. The van der Waals surface area contributed by atoms with Gasteiger partial charge in [0, 0.05) is 61.4 Å². The second-order valence-electron chi connectivity index (χ2n) is 12.3. The summed E-state index contributed by atoms with van der Waals surface area (Å²) in [6.45, 7) is 18.2. The molecule has 49 heavy (non-hydrogen) atoms. The van der Waals surface area contributed by atoms with Gasteiger partial charge in [0.1, 0.15) is 0 Å². The van der Waals surface area contributed by atoms with Crippen molar-refractivity contribution in [2.45, 2.75) is 40.5 Å². The predicted molar refractivity (Wildman–Crippen MR) is 212 cm³/mol. The monoisotopic (exact) mass is 640 g/mol. The third kappa shape index (κ3) is 8.05. The number of hydrogen-bond acceptors (Lipinski definition) is 4. The van der Waals surface area contributed by atoms with Gasteiger partial charge >= 0.3 is 0 Å². The van der Waals surface area contributed by atoms with E-state index < -0.39 is 0 Å². The van der Waals surface area contributed by atoms with Crippen molar-refractivity contribution in [1.29, 1.82) is 0 Å². The van der Waals surface area contributed by atoms with Gasteiger partial charge in [-0.25, -0.2) is 0 Å². The first-order valence-corrected chi connectivity index (χ1v) is 16.5. The molecule has 2 heterocycles. The molecule has 1 atom stereocenters. The molecule has 4 nitrogen and oxygen atoms in total. The molecule has 1 aliphatic rings. The molecule has 4 aromatic rings. The molecule has 0 saturated heterocycles. The summed E-state index contributed by atoms with van der Waals surface area (Å²) < 4.78 is 0. The van der Waals surface area contributed by atoms with E-state index in [1.165, 1.54) is 11.1 Å². The summed E-state index contributed by atoms with van der Waals surface area (Å²) in [4.78, 5) is 17.9. The van der Waals surface area contributed by atoms with Gasteiger partial charge in [-0.3, -0.25) is 20.0 Å². The van der Waals surface area contributed by atoms with Crippen LogP contribution in [0.5, 0.6) is 0 Å². The molecule has 244 valence electrons. The maximum absolute atomic E-state index is 4.62. The number of aliphatic imine (C=N–C) groups is 2. The molecular weight excluding hydrogens is 597 g/mol. The number of allylic oxidation sites excluding steroid dienone is 11. The Morgan fingerprint density at radius 3 is 2.22 bits per heavy atom. The van der Waals surface area contributed by atoms with E-state index in [0.717, 1.165) is 72.5 Å². The maximum atomic E-state index is 4.62. The van der Waals surface area contributed by atoms with E-state index in [9.17, 15) is 0 Å². The zero-order chi connectivity index (χ0) is 34.9. The first kappa shape index (κ1) is 34.6. The molecule has 4 heteroatoms. The van der Waals surface area contributed by atoms with Crippen molar-refractivity contribution in [3.8, 4) is 11.1 Å². The minimum Gasteiger partial charge on any atom is -0.296 e. The highest BCUT2D eigenvalue weighted by atomic mass is 14.7. The van der Waals surface area contributed by atoms with E-state index in [4.69, 9.17) is 0 Å². The predicted octanol–water partition coefficient (Wildman–Crippen LogP) is 11.2. The Labute approximate surface area is 291 Å². The van der Waals surface area contributed by atoms with Crippen LogP contribution in [0, 0.1) is 20.8 Å². The molecule has 0 fully saturated rings. The first-order valence-electron chi connectivity index (χ1n) is 16.5. The van der Waals surface area contributed by atoms with E-state index in [1.807, 2.05) is 50.9 Å². The second-order valence-corrected chi connectivity index (χ2v) is 12.3. The maximum Gasteiger partial charge on any atom is 0.0373 e. The summed E-state index contributed by atoms with van der Waals surface area (Å²) in [7, 11) is 1.79. The van der Waals surface area contributed by atoms with Gasteiger partial charge < -0.3 is 0 Å². The molecule has 0 N–H and O–H groups in total. The number of pyridine rings is 2. The number of aryl methyl sites for hydroxylation is 2. The van der Waals surface area contributed by atoms with Crippen LogP contribution < -0.4 is 0 Å². The molecule has 1 unspecified atom stereocenters. The molecule has 0 aliphatic heterocycles. The zero-order valence-corrected chi connectivity index (χ0v) is 29.4. The molecule has 1 aliphatic carbocycles. The van der Waals surface area contributed by atoms with Crippen LogP contribution in [0.15, 0.2) is 145 Å². The lowest BCUT2D eigenvalue weighted by Gasteiger charge is -2.17. The van der Waals surface area contributed by atoms with Crippen LogP contribution in [-0.2, 0) is 0 Å². The summed E-state index contributed by atoms with van der Waals surface area (Å²) in [6.07, 6.45) is 24.0. The summed E-state index contributed by atoms with van der Waals surface area (Å²) in [5.41, 5.74) is 16.6. The lowest BCUT2D eigenvalue weighted by molar-refractivity contribution is 0.974. The number of nitrogens with zero attached hydrogens (tertiary/aromatic N) is 4. The Hall–Kier alpha value is -5.74. The van der Waals surface area contributed by atoms with Gasteiger partial charge in [0.15, 0.2) is 0 Å². The summed E-state index contributed by atoms with van der Waals surface area (Å²) in [5.74, 6) is 0.0668. The van der Waals surface area contributed by atoms with Gasteiger partial charge in [0.25, 0.3) is 0 Å². The highest BCUT2D eigenvalue weighted by molar-refractivity contribution is 6.14. The SMILES string of the molecule is C=C/C=C(\C=NC)c1cc(-c2cccc(C3=CC(c4cncc(C)c4)C(C)=CC(c4ccc(C)nc4)=C3)c2)cc(/C(C=NC=C)=C/C)c1C. The highest BCUT2D eigenvalue weighted by Crippen LogP contribution is 2.38. The smallest absolute Gasteiger partial charge is 0.0373 e. The quantitative estimate of drug-likeness (QED) is 0.128. The normalized spacial score (nSPS) is 15.6. The second kappa shape index (κ2) is 15.9. The average Bonchev–Trinajstić information content (AvgIpc) is 3.28. The topological polar surface area (TPSA) is 50.5 Å². The van der Waals surface area contributed by atoms with Crippen LogP contribution in [-0.4, -0.2) is 29.4 Å². The minimum atomic E-state index is 0.0668. The van der Waals surface area contributed by atoms with Crippen molar-refractivity contribution >= 4 is 34.7 Å². The van der Waals surface area contributed by atoms with Gasteiger partial charge in [-0.1, -0.05) is 79.4 Å². The fraction of sp³-hybridized carbons (Fsp3) is 0.156. The summed E-state index contributed by atoms with van der Waals surface area (Å²) in [6, 6.07) is 19.8. The van der Waals surface area contributed by atoms with Crippen molar-refractivity contribution in [1.82, 2.24) is 9.97 Å². The van der Waals surface area contributed by atoms with E-state index in [2.05, 4.69) is 133 Å². The van der Waals surface area contributed by atoms with Crippen molar-refractivity contribution < 1.29 is 0 Å². The van der Waals surface area contributed by atoms with E-state index in [1.54, 1.807) is 19.3 Å². The van der Waals surface area contributed by atoms with Crippen LogP contribution in [0.1, 0.15) is 64.4 Å². The Kier molecular flexibility index (Phi) is 11.2. The third-order valence-electron chi connectivity index (χ3n) is 8.79. The Balaban J connectivity index is 1.72. The number of rotatable bonds is 10. The van der Waals surface area contributed by atoms with Gasteiger partial charge in [0.2, 0.25) is 0 Å². The molecule has 5 rings (SSSR count). The molecule has 0 radical (unpaired) electrons. The van der Waals surface area contributed by atoms with E-state index >= 15 is 0 Å². The van der Waals surface area contributed by atoms with E-state index in [-0.39, 0.29) is 5.92 Å². The van der Waals surface area contributed by atoms with Crippen molar-refractivity contribution in [2.75, 3.05) is 7.05 Å². The van der Waals surface area contributed by atoms with E-state index in [0.29, 0.717) is 0 Å². The fourth-order valence-corrected chi connectivity index (χ4v) is 6.26. The van der Waals surface area contributed by atoms with Crippen LogP contribution >= 0.6 is 0 Å². The highest BCUT2D eigenvalue weighted by Gasteiger charge is 2.19. The summed E-state index contributed by atoms with van der Waals surface area (Å²) >= 11 is 0. The first-order chi connectivity index (χ1) is 23.8. The lowest BCUT2D eigenvalue weighted by atomic mass is 9.87. The summed E-state index contributed by atoms with van der Waals surface area (Å²) in [5, 5.41) is 0. The molecule has 0 saturated carbocycles. The minimum absolute atomic E-state index is 0.0668. The van der Waals surface area contributed by atoms with Crippen LogP contribution in [0.25, 0.3) is 33.4 Å². The Morgan fingerprint density at radius 1 is 0.776 bits per heavy atom. The number of benzene rings is 2.